The molecule has 2 heterocycles. The molecule has 2 fully saturated rings. The van der Waals surface area contributed by atoms with Crippen LogP contribution in [0.5, 0.6) is 0 Å². The zero-order valence-electron chi connectivity index (χ0n) is 9.63. The normalized spacial score (nSPS) is 42.9. The van der Waals surface area contributed by atoms with Crippen molar-refractivity contribution in [2.45, 2.75) is 52.2 Å². The van der Waals surface area contributed by atoms with Crippen LogP contribution >= 0.6 is 0 Å². The summed E-state index contributed by atoms with van der Waals surface area (Å²) >= 11 is 0. The van der Waals surface area contributed by atoms with Gasteiger partial charge in [0.1, 0.15) is 0 Å². The summed E-state index contributed by atoms with van der Waals surface area (Å²) in [5.74, 6) is 0. The van der Waals surface area contributed by atoms with Gasteiger partial charge in [-0.2, -0.15) is 0 Å². The Morgan fingerprint density at radius 2 is 2.07 bits per heavy atom. The highest BCUT2D eigenvalue weighted by molar-refractivity contribution is 5.35. The maximum Gasteiger partial charge on any atom is 0.0877 e. The van der Waals surface area contributed by atoms with Gasteiger partial charge in [-0.3, -0.25) is 0 Å². The fourth-order valence-corrected chi connectivity index (χ4v) is 2.98. The van der Waals surface area contributed by atoms with Crippen LogP contribution in [0.4, 0.5) is 0 Å². The molecule has 0 spiro atoms. The number of ether oxygens (including phenoxy) is 1. The quantitative estimate of drug-likeness (QED) is 0.618. The minimum Gasteiger partial charge on any atom is -0.367 e. The number of allylic oxidation sites excluding steroid dienone is 3. The predicted octanol–water partition coefficient (Wildman–Crippen LogP) is 3.47. The smallest absolute Gasteiger partial charge is 0.0877 e. The van der Waals surface area contributed by atoms with Crippen molar-refractivity contribution < 1.29 is 4.74 Å². The first-order valence-electron chi connectivity index (χ1n) is 5.52. The molecule has 1 heteroatoms. The number of rotatable bonds is 1. The lowest BCUT2D eigenvalue weighted by molar-refractivity contribution is 0.0232. The first kappa shape index (κ1) is 9.97. The standard InChI is InChI=1S/C13H20O/c1-5-6-7-10-12(2,3)11-8-9-13(10,4)14-11/h5-7,11H,8-9H2,1-4H3. The third-order valence-electron chi connectivity index (χ3n) is 3.81. The van der Waals surface area contributed by atoms with E-state index in [-0.39, 0.29) is 11.0 Å². The molecule has 0 aliphatic carbocycles. The first-order valence-corrected chi connectivity index (χ1v) is 5.52. The van der Waals surface area contributed by atoms with Gasteiger partial charge >= 0.3 is 0 Å². The Kier molecular flexibility index (Phi) is 2.11. The van der Waals surface area contributed by atoms with Crippen molar-refractivity contribution in [3.8, 4) is 0 Å². The fraction of sp³-hybridized carbons (Fsp3) is 0.692. The van der Waals surface area contributed by atoms with Crippen molar-refractivity contribution in [2.24, 2.45) is 5.41 Å². The third-order valence-corrected chi connectivity index (χ3v) is 3.81. The summed E-state index contributed by atoms with van der Waals surface area (Å²) in [7, 11) is 0. The third kappa shape index (κ3) is 1.18. The summed E-state index contributed by atoms with van der Waals surface area (Å²) in [5.41, 5.74) is 1.72. The summed E-state index contributed by atoms with van der Waals surface area (Å²) in [6.07, 6.45) is 9.30. The maximum atomic E-state index is 6.08. The summed E-state index contributed by atoms with van der Waals surface area (Å²) in [5, 5.41) is 0. The van der Waals surface area contributed by atoms with E-state index in [0.717, 1.165) is 0 Å². The minimum atomic E-state index is 0.0215. The van der Waals surface area contributed by atoms with Crippen molar-refractivity contribution in [3.05, 3.63) is 23.8 Å². The van der Waals surface area contributed by atoms with Crippen molar-refractivity contribution in [3.63, 3.8) is 0 Å². The molecule has 0 radical (unpaired) electrons. The summed E-state index contributed by atoms with van der Waals surface area (Å²) in [6.45, 7) is 8.90. The van der Waals surface area contributed by atoms with Gasteiger partial charge in [0, 0.05) is 5.41 Å². The van der Waals surface area contributed by atoms with Gasteiger partial charge in [0.05, 0.1) is 11.7 Å². The molecule has 0 aromatic carbocycles. The molecular weight excluding hydrogens is 172 g/mol. The molecule has 2 aliphatic heterocycles. The van der Waals surface area contributed by atoms with Crippen molar-refractivity contribution >= 4 is 0 Å². The molecule has 2 aliphatic rings. The van der Waals surface area contributed by atoms with Gasteiger partial charge in [-0.05, 0) is 32.3 Å². The molecule has 0 amide bonds. The summed E-state index contributed by atoms with van der Waals surface area (Å²) < 4.78 is 6.08. The Balaban J connectivity index is 2.39. The molecule has 0 saturated carbocycles. The van der Waals surface area contributed by atoms with Crippen molar-refractivity contribution in [2.75, 3.05) is 0 Å². The fourth-order valence-electron chi connectivity index (χ4n) is 2.98. The second kappa shape index (κ2) is 2.96. The van der Waals surface area contributed by atoms with E-state index in [9.17, 15) is 0 Å². The van der Waals surface area contributed by atoms with Gasteiger partial charge in [0.15, 0.2) is 0 Å². The van der Waals surface area contributed by atoms with Gasteiger partial charge in [-0.1, -0.05) is 32.1 Å². The molecule has 2 unspecified atom stereocenters. The largest absolute Gasteiger partial charge is 0.367 e. The molecule has 0 aromatic heterocycles. The molecule has 0 N–H and O–H groups in total. The zero-order chi connectivity index (χ0) is 10.4. The number of fused-ring (bicyclic) bond motifs is 2. The van der Waals surface area contributed by atoms with Crippen LogP contribution < -0.4 is 0 Å². The molecule has 2 atom stereocenters. The van der Waals surface area contributed by atoms with E-state index in [1.165, 1.54) is 18.4 Å². The number of hydrogen-bond acceptors (Lipinski definition) is 1. The highest BCUT2D eigenvalue weighted by Crippen LogP contribution is 2.57. The second-order valence-electron chi connectivity index (χ2n) is 5.20. The van der Waals surface area contributed by atoms with Crippen LogP contribution in [-0.4, -0.2) is 11.7 Å². The van der Waals surface area contributed by atoms with Crippen LogP contribution in [0.2, 0.25) is 0 Å². The molecule has 1 nitrogen and oxygen atoms in total. The summed E-state index contributed by atoms with van der Waals surface area (Å²) in [4.78, 5) is 0. The first-order chi connectivity index (χ1) is 6.50. The van der Waals surface area contributed by atoms with Crippen LogP contribution in [0.3, 0.4) is 0 Å². The molecule has 78 valence electrons. The molecular formula is C13H20O. The summed E-state index contributed by atoms with van der Waals surface area (Å²) in [6, 6.07) is 0. The van der Waals surface area contributed by atoms with Gasteiger partial charge in [-0.25, -0.2) is 0 Å². The average molecular weight is 192 g/mol. The van der Waals surface area contributed by atoms with E-state index >= 15 is 0 Å². The zero-order valence-corrected chi connectivity index (χ0v) is 9.63. The lowest BCUT2D eigenvalue weighted by Crippen LogP contribution is -2.32. The predicted molar refractivity (Wildman–Crippen MR) is 59.2 cm³/mol. The van der Waals surface area contributed by atoms with E-state index in [1.54, 1.807) is 0 Å². The Morgan fingerprint density at radius 3 is 2.57 bits per heavy atom. The number of hydrogen-bond donors (Lipinski definition) is 0. The highest BCUT2D eigenvalue weighted by atomic mass is 16.5. The van der Waals surface area contributed by atoms with Gasteiger partial charge in [0.2, 0.25) is 0 Å². The molecule has 2 saturated heterocycles. The molecule has 2 rings (SSSR count). The van der Waals surface area contributed by atoms with Crippen molar-refractivity contribution in [1.82, 2.24) is 0 Å². The Labute approximate surface area is 86.8 Å². The topological polar surface area (TPSA) is 9.23 Å². The van der Waals surface area contributed by atoms with Crippen LogP contribution in [0.15, 0.2) is 23.8 Å². The maximum absolute atomic E-state index is 6.08. The van der Waals surface area contributed by atoms with E-state index in [1.807, 2.05) is 0 Å². The van der Waals surface area contributed by atoms with Gasteiger partial charge in [-0.15, -0.1) is 0 Å². The lowest BCUT2D eigenvalue weighted by Gasteiger charge is -2.32. The second-order valence-corrected chi connectivity index (χ2v) is 5.20. The molecule has 2 bridgehead atoms. The van der Waals surface area contributed by atoms with Crippen LogP contribution in [0.25, 0.3) is 0 Å². The van der Waals surface area contributed by atoms with Crippen LogP contribution in [0.1, 0.15) is 40.5 Å². The van der Waals surface area contributed by atoms with E-state index < -0.39 is 0 Å². The van der Waals surface area contributed by atoms with Crippen LogP contribution in [0, 0.1) is 5.41 Å². The minimum absolute atomic E-state index is 0.0215. The SMILES string of the molecule is CC=CC=C1C2(C)CCC(O2)C1(C)C. The van der Waals surface area contributed by atoms with E-state index in [0.29, 0.717) is 6.10 Å². The Bertz CT molecular complexity index is 292. The van der Waals surface area contributed by atoms with E-state index in [2.05, 4.69) is 45.9 Å². The van der Waals surface area contributed by atoms with E-state index in [4.69, 9.17) is 4.74 Å². The molecule has 0 aromatic rings. The van der Waals surface area contributed by atoms with Crippen LogP contribution in [-0.2, 0) is 4.74 Å². The lowest BCUT2D eigenvalue weighted by atomic mass is 9.68. The van der Waals surface area contributed by atoms with Gasteiger partial charge < -0.3 is 4.74 Å². The Morgan fingerprint density at radius 1 is 1.36 bits per heavy atom. The van der Waals surface area contributed by atoms with Gasteiger partial charge in [0.25, 0.3) is 0 Å². The molecule has 14 heavy (non-hydrogen) atoms. The van der Waals surface area contributed by atoms with Crippen molar-refractivity contribution in [1.29, 1.82) is 0 Å². The highest BCUT2D eigenvalue weighted by Gasteiger charge is 2.56. The average Bonchev–Trinajstić information content (AvgIpc) is 2.55. The Hall–Kier alpha value is -0.560. The monoisotopic (exact) mass is 192 g/mol.